The minimum Gasteiger partial charge on any atom is -0.508 e. The Hall–Kier alpha value is -4.37. The predicted molar refractivity (Wildman–Crippen MR) is 135 cm³/mol. The summed E-state index contributed by atoms with van der Waals surface area (Å²) in [6.45, 7) is 2.11. The number of likely N-dealkylation sites (tertiary alicyclic amines) is 1. The van der Waals surface area contributed by atoms with Crippen LogP contribution in [0.15, 0.2) is 60.7 Å². The Bertz CT molecular complexity index is 1520. The number of nitrogens with one attached hydrogen (secondary N) is 2. The largest absolute Gasteiger partial charge is 0.508 e. The van der Waals surface area contributed by atoms with Gasteiger partial charge in [-0.25, -0.2) is 0 Å². The highest BCUT2D eigenvalue weighted by atomic mass is 16.7. The van der Waals surface area contributed by atoms with Crippen LogP contribution in [0.4, 0.5) is 5.69 Å². The Labute approximate surface area is 218 Å². The number of hydrogen-bond donors (Lipinski definition) is 3. The molecule has 38 heavy (non-hydrogen) atoms. The molecule has 3 aromatic carbocycles. The molecule has 0 radical (unpaired) electrons. The zero-order valence-electron chi connectivity index (χ0n) is 20.6. The van der Waals surface area contributed by atoms with E-state index in [1.165, 1.54) is 4.90 Å². The minimum atomic E-state index is -1.36. The summed E-state index contributed by atoms with van der Waals surface area (Å²) in [5.74, 6) is -1.29. The third-order valence-corrected chi connectivity index (χ3v) is 8.22. The number of hydrogen-bond acceptors (Lipinski definition) is 7. The zero-order valence-corrected chi connectivity index (χ0v) is 20.6. The van der Waals surface area contributed by atoms with E-state index in [0.29, 0.717) is 29.2 Å². The lowest BCUT2D eigenvalue weighted by molar-refractivity contribution is -0.143. The Kier molecular flexibility index (Phi) is 4.84. The highest BCUT2D eigenvalue weighted by molar-refractivity contribution is 6.15. The first kappa shape index (κ1) is 22.8. The monoisotopic (exact) mass is 511 g/mol. The van der Waals surface area contributed by atoms with Crippen LogP contribution in [0.25, 0.3) is 0 Å². The fourth-order valence-corrected chi connectivity index (χ4v) is 6.47. The Morgan fingerprint density at radius 3 is 2.55 bits per heavy atom. The van der Waals surface area contributed by atoms with E-state index < -0.39 is 23.4 Å². The van der Waals surface area contributed by atoms with Crippen LogP contribution in [0.3, 0.4) is 0 Å². The number of aryl methyl sites for hydroxylation is 1. The maximum absolute atomic E-state index is 14.1. The minimum absolute atomic E-state index is 0.0750. The predicted octanol–water partition coefficient (Wildman–Crippen LogP) is 2.59. The van der Waals surface area contributed by atoms with Gasteiger partial charge >= 0.3 is 0 Å². The number of ether oxygens (including phenoxy) is 2. The van der Waals surface area contributed by atoms with Gasteiger partial charge in [0.1, 0.15) is 11.3 Å². The molecule has 192 valence electrons. The molecule has 4 atom stereocenters. The zero-order chi connectivity index (χ0) is 26.2. The highest BCUT2D eigenvalue weighted by Gasteiger charge is 2.70. The van der Waals surface area contributed by atoms with Gasteiger partial charge < -0.3 is 19.9 Å². The number of phenols is 1. The van der Waals surface area contributed by atoms with Crippen LogP contribution < -0.4 is 20.1 Å². The van der Waals surface area contributed by atoms with Crippen LogP contribution in [0, 0.1) is 18.8 Å². The lowest BCUT2D eigenvalue weighted by atomic mass is 9.76. The van der Waals surface area contributed by atoms with Crippen LogP contribution in [0.2, 0.25) is 0 Å². The van der Waals surface area contributed by atoms with E-state index >= 15 is 0 Å². The molecule has 9 heteroatoms. The molecule has 0 saturated carbocycles. The van der Waals surface area contributed by atoms with Crippen molar-refractivity contribution < 1.29 is 29.0 Å². The van der Waals surface area contributed by atoms with Gasteiger partial charge in [-0.05, 0) is 54.3 Å². The van der Waals surface area contributed by atoms with E-state index in [2.05, 4.69) is 10.6 Å². The fourth-order valence-electron chi connectivity index (χ4n) is 6.47. The molecule has 2 fully saturated rings. The van der Waals surface area contributed by atoms with Crippen molar-refractivity contribution >= 4 is 23.4 Å². The molecule has 7 rings (SSSR count). The standard InChI is InChI=1S/C29H25N3O6/c1-15-3-2-4-19-25(15)30-28(36)29(19)24-23(20(31-29)11-16-5-8-18(33)9-6-16)26(34)32(27(24)35)13-17-7-10-21-22(12-17)38-14-37-21/h2-10,12,20,23-24,31,33H,11,13-14H2,1H3,(H,30,36)/t20-,23+,24+,29-/m0/s1. The maximum Gasteiger partial charge on any atom is 0.250 e. The number of rotatable bonds is 4. The van der Waals surface area contributed by atoms with E-state index in [4.69, 9.17) is 9.47 Å². The summed E-state index contributed by atoms with van der Waals surface area (Å²) < 4.78 is 10.9. The van der Waals surface area contributed by atoms with E-state index in [1.807, 2.05) is 31.2 Å². The summed E-state index contributed by atoms with van der Waals surface area (Å²) in [5, 5.41) is 16.2. The van der Waals surface area contributed by atoms with E-state index in [0.717, 1.165) is 16.7 Å². The van der Waals surface area contributed by atoms with Crippen LogP contribution in [0.5, 0.6) is 17.2 Å². The van der Waals surface area contributed by atoms with Gasteiger partial charge in [-0.2, -0.15) is 0 Å². The highest BCUT2D eigenvalue weighted by Crippen LogP contribution is 2.54. The van der Waals surface area contributed by atoms with E-state index in [1.54, 1.807) is 36.4 Å². The first-order chi connectivity index (χ1) is 18.4. The smallest absolute Gasteiger partial charge is 0.250 e. The second-order valence-corrected chi connectivity index (χ2v) is 10.3. The van der Waals surface area contributed by atoms with Crippen LogP contribution in [0.1, 0.15) is 22.3 Å². The Morgan fingerprint density at radius 2 is 1.74 bits per heavy atom. The number of para-hydroxylation sites is 1. The number of anilines is 1. The second-order valence-electron chi connectivity index (χ2n) is 10.3. The van der Waals surface area contributed by atoms with Crippen molar-refractivity contribution in [1.29, 1.82) is 0 Å². The van der Waals surface area contributed by atoms with Crippen LogP contribution >= 0.6 is 0 Å². The fraction of sp³-hybridized carbons (Fsp3) is 0.276. The molecule has 3 aromatic rings. The number of carbonyl (C=O) groups is 3. The molecule has 0 unspecified atom stereocenters. The first-order valence-corrected chi connectivity index (χ1v) is 12.6. The lowest BCUT2D eigenvalue weighted by Gasteiger charge is -2.29. The molecule has 0 bridgehead atoms. The van der Waals surface area contributed by atoms with E-state index in [9.17, 15) is 19.5 Å². The quantitative estimate of drug-likeness (QED) is 0.461. The molecular formula is C29H25N3O6. The topological polar surface area (TPSA) is 117 Å². The lowest BCUT2D eigenvalue weighted by Crippen LogP contribution is -2.53. The number of imide groups is 1. The number of carbonyl (C=O) groups excluding carboxylic acids is 3. The van der Waals surface area contributed by atoms with Gasteiger partial charge in [0, 0.05) is 17.3 Å². The van der Waals surface area contributed by atoms with Gasteiger partial charge in [0.25, 0.3) is 0 Å². The van der Waals surface area contributed by atoms with Gasteiger partial charge in [-0.1, -0.05) is 36.4 Å². The maximum atomic E-state index is 14.1. The van der Waals surface area contributed by atoms with Gasteiger partial charge in [0.05, 0.1) is 18.4 Å². The average molecular weight is 512 g/mol. The number of phenolic OH excluding ortho intramolecular Hbond substituents is 1. The molecule has 0 aliphatic carbocycles. The van der Waals surface area contributed by atoms with Gasteiger partial charge in [-0.15, -0.1) is 0 Å². The molecule has 9 nitrogen and oxygen atoms in total. The van der Waals surface area contributed by atoms with Crippen molar-refractivity contribution in [2.75, 3.05) is 12.1 Å². The molecule has 4 aliphatic rings. The van der Waals surface area contributed by atoms with Crippen LogP contribution in [-0.4, -0.2) is 40.6 Å². The first-order valence-electron chi connectivity index (χ1n) is 12.6. The number of aromatic hydroxyl groups is 1. The number of fused-ring (bicyclic) bond motifs is 5. The van der Waals surface area contributed by atoms with Crippen molar-refractivity contribution in [2.24, 2.45) is 11.8 Å². The van der Waals surface area contributed by atoms with Crippen molar-refractivity contribution in [2.45, 2.75) is 31.5 Å². The van der Waals surface area contributed by atoms with Crippen molar-refractivity contribution in [3.8, 4) is 17.2 Å². The average Bonchev–Trinajstić information content (AvgIpc) is 3.63. The normalized spacial score (nSPS) is 26.7. The Morgan fingerprint density at radius 1 is 0.974 bits per heavy atom. The Balaban J connectivity index is 1.30. The number of benzene rings is 3. The molecule has 3 amide bonds. The summed E-state index contributed by atoms with van der Waals surface area (Å²) in [6, 6.07) is 17.3. The van der Waals surface area contributed by atoms with Crippen molar-refractivity contribution in [3.63, 3.8) is 0 Å². The van der Waals surface area contributed by atoms with E-state index in [-0.39, 0.29) is 36.8 Å². The third kappa shape index (κ3) is 3.11. The third-order valence-electron chi connectivity index (χ3n) is 8.22. The van der Waals surface area contributed by atoms with Gasteiger partial charge in [0.2, 0.25) is 24.5 Å². The number of nitrogens with zero attached hydrogens (tertiary/aromatic N) is 1. The molecular weight excluding hydrogens is 486 g/mol. The molecule has 4 aliphatic heterocycles. The summed E-state index contributed by atoms with van der Waals surface area (Å²) in [6.07, 6.45) is 0.411. The second kappa shape index (κ2) is 8.06. The molecule has 3 N–H and O–H groups in total. The summed E-state index contributed by atoms with van der Waals surface area (Å²) in [7, 11) is 0. The number of amides is 3. The SMILES string of the molecule is Cc1cccc2c1NC(=O)[C@]21N[C@@H](Cc2ccc(O)cc2)[C@H]2C(=O)N(Cc3ccc4c(c3)OCO4)C(=O)[C@@H]21. The van der Waals surface area contributed by atoms with Gasteiger partial charge in [-0.3, -0.25) is 24.6 Å². The van der Waals surface area contributed by atoms with Crippen molar-refractivity contribution in [3.05, 3.63) is 82.9 Å². The van der Waals surface area contributed by atoms with Gasteiger partial charge in [0.15, 0.2) is 11.5 Å². The molecule has 2 saturated heterocycles. The molecule has 0 aromatic heterocycles. The molecule has 4 heterocycles. The summed E-state index contributed by atoms with van der Waals surface area (Å²) in [5.41, 5.74) is 2.53. The molecule has 1 spiro atoms. The van der Waals surface area contributed by atoms with Crippen molar-refractivity contribution in [1.82, 2.24) is 10.2 Å². The van der Waals surface area contributed by atoms with Crippen LogP contribution in [-0.2, 0) is 32.9 Å². The summed E-state index contributed by atoms with van der Waals surface area (Å²) in [4.78, 5) is 43.0. The summed E-state index contributed by atoms with van der Waals surface area (Å²) >= 11 is 0.